The third-order valence-electron chi connectivity index (χ3n) is 4.27. The number of nitrogens with zero attached hydrogens (tertiary/aromatic N) is 4. The Balaban J connectivity index is 1.87. The summed E-state index contributed by atoms with van der Waals surface area (Å²) in [7, 11) is 0. The molecule has 124 valence electrons. The topological polar surface area (TPSA) is 61.1 Å². The molecule has 3 heterocycles. The molecule has 1 saturated heterocycles. The second kappa shape index (κ2) is 6.64. The highest BCUT2D eigenvalue weighted by molar-refractivity contribution is 5.94. The molecule has 1 aliphatic rings. The van der Waals surface area contributed by atoms with Gasteiger partial charge in [-0.15, -0.1) is 0 Å². The first-order valence-corrected chi connectivity index (χ1v) is 7.93. The maximum absolute atomic E-state index is 13.6. The summed E-state index contributed by atoms with van der Waals surface area (Å²) in [6.45, 7) is 5.37. The number of aryl methyl sites for hydroxylation is 1. The van der Waals surface area contributed by atoms with Gasteiger partial charge in [-0.2, -0.15) is 0 Å². The number of piperazine rings is 1. The summed E-state index contributed by atoms with van der Waals surface area (Å²) in [5, 5.41) is 8.99. The molecule has 1 fully saturated rings. The highest BCUT2D eigenvalue weighted by Crippen LogP contribution is 2.17. The summed E-state index contributed by atoms with van der Waals surface area (Å²) in [4.78, 5) is 21.2. The highest BCUT2D eigenvalue weighted by atomic mass is 19.1. The Hall–Kier alpha value is -1.99. The van der Waals surface area contributed by atoms with Gasteiger partial charge in [0.1, 0.15) is 17.2 Å². The third kappa shape index (κ3) is 3.07. The fraction of sp³-hybridized carbons (Fsp3) is 0.500. The van der Waals surface area contributed by atoms with Crippen LogP contribution in [0.25, 0.3) is 5.65 Å². The minimum atomic E-state index is -0.389. The summed E-state index contributed by atoms with van der Waals surface area (Å²) >= 11 is 0. The quantitative estimate of drug-likeness (QED) is 0.905. The Morgan fingerprint density at radius 3 is 2.70 bits per heavy atom. The molecule has 3 rings (SSSR count). The molecule has 0 saturated carbocycles. The average molecular weight is 320 g/mol. The molecule has 0 atom stereocenters. The van der Waals surface area contributed by atoms with Crippen molar-refractivity contribution in [3.8, 4) is 0 Å². The van der Waals surface area contributed by atoms with Crippen molar-refractivity contribution in [1.29, 1.82) is 0 Å². The molecule has 2 aromatic heterocycles. The summed E-state index contributed by atoms with van der Waals surface area (Å²) in [6, 6.07) is 2.94. The van der Waals surface area contributed by atoms with E-state index in [-0.39, 0.29) is 18.3 Å². The second-order valence-corrected chi connectivity index (χ2v) is 5.69. The Morgan fingerprint density at radius 1 is 1.30 bits per heavy atom. The minimum Gasteiger partial charge on any atom is -0.395 e. The molecular formula is C16H21FN4O2. The van der Waals surface area contributed by atoms with E-state index in [2.05, 4.69) is 9.88 Å². The number of hydrogen-bond acceptors (Lipinski definition) is 4. The Bertz CT molecular complexity index is 707. The van der Waals surface area contributed by atoms with Gasteiger partial charge in [0.25, 0.3) is 5.91 Å². The number of hydrogen-bond donors (Lipinski definition) is 1. The fourth-order valence-corrected chi connectivity index (χ4v) is 3.01. The van der Waals surface area contributed by atoms with Crippen molar-refractivity contribution >= 4 is 11.6 Å². The molecule has 0 unspecified atom stereocenters. The van der Waals surface area contributed by atoms with E-state index in [1.807, 2.05) is 6.92 Å². The number of imidazole rings is 1. The van der Waals surface area contributed by atoms with E-state index in [0.29, 0.717) is 43.1 Å². The molecule has 1 amide bonds. The number of carbonyl (C=O) groups excluding carboxylic acids is 1. The Morgan fingerprint density at radius 2 is 2.04 bits per heavy atom. The predicted octanol–water partition coefficient (Wildman–Crippen LogP) is 0.786. The molecule has 1 N–H and O–H groups in total. The Labute approximate surface area is 134 Å². The number of halogens is 1. The van der Waals surface area contributed by atoms with Crippen LogP contribution in [0.15, 0.2) is 18.3 Å². The number of fused-ring (bicyclic) bond motifs is 1. The van der Waals surface area contributed by atoms with Crippen molar-refractivity contribution in [2.75, 3.05) is 39.3 Å². The van der Waals surface area contributed by atoms with E-state index in [4.69, 9.17) is 5.11 Å². The normalized spacial score (nSPS) is 16.2. The standard InChI is InChI=1S/C16H21FN4O2/c1-2-13-15(21-11-12(17)3-4-14(21)18-13)16(23)20-7-5-19(6-8-20)9-10-22/h3-4,11,22H,2,5-10H2,1H3. The van der Waals surface area contributed by atoms with E-state index in [1.165, 1.54) is 12.3 Å². The zero-order valence-corrected chi connectivity index (χ0v) is 13.2. The van der Waals surface area contributed by atoms with Gasteiger partial charge in [-0.1, -0.05) is 6.92 Å². The smallest absolute Gasteiger partial charge is 0.272 e. The lowest BCUT2D eigenvalue weighted by atomic mass is 10.2. The lowest BCUT2D eigenvalue weighted by molar-refractivity contribution is 0.0607. The first-order valence-electron chi connectivity index (χ1n) is 7.93. The maximum Gasteiger partial charge on any atom is 0.272 e. The number of carbonyl (C=O) groups is 1. The summed E-state index contributed by atoms with van der Waals surface area (Å²) in [5.41, 5.74) is 1.74. The number of amides is 1. The van der Waals surface area contributed by atoms with E-state index in [9.17, 15) is 9.18 Å². The van der Waals surface area contributed by atoms with Crippen LogP contribution in [0.5, 0.6) is 0 Å². The van der Waals surface area contributed by atoms with Crippen LogP contribution in [0.2, 0.25) is 0 Å². The molecule has 0 aliphatic carbocycles. The number of aliphatic hydroxyl groups excluding tert-OH is 1. The van der Waals surface area contributed by atoms with Crippen LogP contribution >= 0.6 is 0 Å². The number of pyridine rings is 1. The van der Waals surface area contributed by atoms with Crippen LogP contribution in [0.3, 0.4) is 0 Å². The van der Waals surface area contributed by atoms with Gasteiger partial charge in [-0.25, -0.2) is 9.37 Å². The average Bonchev–Trinajstić information content (AvgIpc) is 2.93. The number of β-amino-alcohol motifs (C(OH)–C–C–N with tert-alkyl or cyclic N) is 1. The van der Waals surface area contributed by atoms with E-state index >= 15 is 0 Å². The molecule has 23 heavy (non-hydrogen) atoms. The molecular weight excluding hydrogens is 299 g/mol. The third-order valence-corrected chi connectivity index (χ3v) is 4.27. The fourth-order valence-electron chi connectivity index (χ4n) is 3.01. The lowest BCUT2D eigenvalue weighted by Crippen LogP contribution is -2.49. The van der Waals surface area contributed by atoms with Crippen molar-refractivity contribution in [3.05, 3.63) is 35.5 Å². The lowest BCUT2D eigenvalue weighted by Gasteiger charge is -2.34. The molecule has 1 aliphatic heterocycles. The van der Waals surface area contributed by atoms with Crippen LogP contribution in [0, 0.1) is 5.82 Å². The SMILES string of the molecule is CCc1nc2ccc(F)cn2c1C(=O)N1CCN(CCO)CC1. The van der Waals surface area contributed by atoms with Gasteiger partial charge in [-0.3, -0.25) is 14.1 Å². The Kier molecular flexibility index (Phi) is 4.58. The van der Waals surface area contributed by atoms with Crippen molar-refractivity contribution in [1.82, 2.24) is 19.2 Å². The molecule has 0 radical (unpaired) electrons. The van der Waals surface area contributed by atoms with Gasteiger partial charge in [-0.05, 0) is 18.6 Å². The van der Waals surface area contributed by atoms with Gasteiger partial charge in [0.2, 0.25) is 0 Å². The van der Waals surface area contributed by atoms with Gasteiger partial charge < -0.3 is 10.0 Å². The molecule has 0 spiro atoms. The van der Waals surface area contributed by atoms with Crippen LogP contribution < -0.4 is 0 Å². The predicted molar refractivity (Wildman–Crippen MR) is 84.0 cm³/mol. The van der Waals surface area contributed by atoms with Gasteiger partial charge >= 0.3 is 0 Å². The summed E-state index contributed by atoms with van der Waals surface area (Å²) in [6.07, 6.45) is 1.94. The van der Waals surface area contributed by atoms with Gasteiger partial charge in [0, 0.05) is 38.9 Å². The zero-order chi connectivity index (χ0) is 16.4. The van der Waals surface area contributed by atoms with E-state index < -0.39 is 0 Å². The molecule has 6 nitrogen and oxygen atoms in total. The van der Waals surface area contributed by atoms with Crippen LogP contribution in [-0.4, -0.2) is 69.5 Å². The highest BCUT2D eigenvalue weighted by Gasteiger charge is 2.26. The van der Waals surface area contributed by atoms with Crippen LogP contribution in [0.4, 0.5) is 4.39 Å². The molecule has 7 heteroatoms. The monoisotopic (exact) mass is 320 g/mol. The minimum absolute atomic E-state index is 0.108. The van der Waals surface area contributed by atoms with E-state index in [0.717, 1.165) is 13.1 Å². The van der Waals surface area contributed by atoms with Crippen LogP contribution in [0.1, 0.15) is 23.1 Å². The summed E-state index contributed by atoms with van der Waals surface area (Å²) < 4.78 is 15.1. The molecule has 0 aromatic carbocycles. The number of aromatic nitrogens is 2. The van der Waals surface area contributed by atoms with Gasteiger partial charge in [0.05, 0.1) is 12.3 Å². The zero-order valence-electron chi connectivity index (χ0n) is 13.2. The second-order valence-electron chi connectivity index (χ2n) is 5.69. The first-order chi connectivity index (χ1) is 11.1. The first kappa shape index (κ1) is 15.9. The van der Waals surface area contributed by atoms with E-state index in [1.54, 1.807) is 15.4 Å². The maximum atomic E-state index is 13.6. The van der Waals surface area contributed by atoms with Crippen molar-refractivity contribution in [2.45, 2.75) is 13.3 Å². The van der Waals surface area contributed by atoms with Crippen LogP contribution in [-0.2, 0) is 6.42 Å². The largest absolute Gasteiger partial charge is 0.395 e. The number of aliphatic hydroxyl groups is 1. The summed E-state index contributed by atoms with van der Waals surface area (Å²) in [5.74, 6) is -0.497. The number of rotatable bonds is 4. The van der Waals surface area contributed by atoms with Crippen molar-refractivity contribution < 1.29 is 14.3 Å². The van der Waals surface area contributed by atoms with Gasteiger partial charge in [0.15, 0.2) is 0 Å². The molecule has 0 bridgehead atoms. The van der Waals surface area contributed by atoms with Crippen molar-refractivity contribution in [2.24, 2.45) is 0 Å². The van der Waals surface area contributed by atoms with Crippen molar-refractivity contribution in [3.63, 3.8) is 0 Å². The molecule has 2 aromatic rings.